The van der Waals surface area contributed by atoms with Gasteiger partial charge < -0.3 is 4.74 Å². The first-order valence-electron chi connectivity index (χ1n) is 8.70. The summed E-state index contributed by atoms with van der Waals surface area (Å²) in [6, 6.07) is 9.19. The Labute approximate surface area is 170 Å². The molecule has 2 aliphatic heterocycles. The minimum absolute atomic E-state index is 0.00442. The van der Waals surface area contributed by atoms with E-state index < -0.39 is 37.3 Å². The smallest absolute Gasteiger partial charge is 0.417 e. The fraction of sp³-hybridized carbons (Fsp3) is 0.316. The minimum atomic E-state index is -4.78. The third-order valence-electron chi connectivity index (χ3n) is 5.16. The number of Topliss-reactive ketones (excluding diaryl/α,β-unsaturated/α-hetero) is 1. The summed E-state index contributed by atoms with van der Waals surface area (Å²) in [5, 5.41) is -0.577. The molecule has 0 N–H and O–H groups in total. The highest BCUT2D eigenvalue weighted by atomic mass is 35.5. The Hall–Kier alpha value is -2.10. The van der Waals surface area contributed by atoms with Crippen LogP contribution in [-0.4, -0.2) is 37.2 Å². The van der Waals surface area contributed by atoms with Crippen molar-refractivity contribution < 1.29 is 31.1 Å². The van der Waals surface area contributed by atoms with Crippen LogP contribution < -0.4 is 4.74 Å². The van der Waals surface area contributed by atoms with E-state index in [1.54, 1.807) is 24.3 Å². The number of carbonyl (C=O) groups excluding carboxylic acids is 1. The van der Waals surface area contributed by atoms with Crippen LogP contribution >= 0.6 is 11.6 Å². The molecule has 1 atom stereocenters. The van der Waals surface area contributed by atoms with Gasteiger partial charge in [-0.1, -0.05) is 23.7 Å². The Morgan fingerprint density at radius 1 is 1.14 bits per heavy atom. The zero-order valence-electron chi connectivity index (χ0n) is 14.9. The molecule has 4 rings (SSSR count). The largest absolute Gasteiger partial charge is 0.485 e. The standard InChI is InChI=1S/C19H15ClF3NO4S/c20-15-6-5-12(9-14(15)19(21,22)23)29(26,27)24-8-7-18(11-24)10-16(25)13-3-1-2-4-17(13)28-18/h1-6,9H,7-8,10-11H2. The van der Waals surface area contributed by atoms with Gasteiger partial charge in [0.05, 0.1) is 34.0 Å². The SMILES string of the molecule is O=C1CC2(CCN(S(=O)(=O)c3ccc(Cl)c(C(F)(F)F)c3)C2)Oc2ccccc21. The van der Waals surface area contributed by atoms with Crippen molar-refractivity contribution in [3.05, 3.63) is 58.6 Å². The summed E-state index contributed by atoms with van der Waals surface area (Å²) in [5.74, 6) is 0.228. The number of hydrogen-bond donors (Lipinski definition) is 0. The summed E-state index contributed by atoms with van der Waals surface area (Å²) in [7, 11) is -4.23. The van der Waals surface area contributed by atoms with Gasteiger partial charge in [-0.15, -0.1) is 0 Å². The first-order chi connectivity index (χ1) is 13.5. The van der Waals surface area contributed by atoms with E-state index in [2.05, 4.69) is 0 Å². The zero-order valence-corrected chi connectivity index (χ0v) is 16.4. The molecule has 10 heteroatoms. The maximum atomic E-state index is 13.1. The van der Waals surface area contributed by atoms with Crippen molar-refractivity contribution in [2.75, 3.05) is 13.1 Å². The second kappa shape index (κ2) is 6.72. The van der Waals surface area contributed by atoms with Crippen molar-refractivity contribution >= 4 is 27.4 Å². The molecule has 1 unspecified atom stereocenters. The van der Waals surface area contributed by atoms with Crippen molar-refractivity contribution in [1.82, 2.24) is 4.31 Å². The molecule has 0 radical (unpaired) electrons. The van der Waals surface area contributed by atoms with Crippen LogP contribution in [0.25, 0.3) is 0 Å². The summed E-state index contributed by atoms with van der Waals surface area (Å²) >= 11 is 5.59. The molecular formula is C19H15ClF3NO4S. The lowest BCUT2D eigenvalue weighted by Gasteiger charge is -2.34. The molecule has 2 heterocycles. The van der Waals surface area contributed by atoms with E-state index in [-0.39, 0.29) is 31.7 Å². The van der Waals surface area contributed by atoms with Gasteiger partial charge in [0.25, 0.3) is 0 Å². The van der Waals surface area contributed by atoms with Crippen molar-refractivity contribution in [3.8, 4) is 5.75 Å². The number of carbonyl (C=O) groups is 1. The van der Waals surface area contributed by atoms with Gasteiger partial charge in [-0.25, -0.2) is 8.42 Å². The van der Waals surface area contributed by atoms with Gasteiger partial charge in [0.15, 0.2) is 5.78 Å². The van der Waals surface area contributed by atoms with Crippen LogP contribution in [0.2, 0.25) is 5.02 Å². The van der Waals surface area contributed by atoms with Gasteiger partial charge in [-0.05, 0) is 30.3 Å². The molecule has 0 bridgehead atoms. The maximum Gasteiger partial charge on any atom is 0.417 e. The first-order valence-corrected chi connectivity index (χ1v) is 10.5. The molecule has 5 nitrogen and oxygen atoms in total. The normalized spacial score (nSPS) is 22.6. The summed E-state index contributed by atoms with van der Waals surface area (Å²) in [6.45, 7) is -0.0961. The average Bonchev–Trinajstić information content (AvgIpc) is 3.05. The van der Waals surface area contributed by atoms with Crippen LogP contribution in [0.3, 0.4) is 0 Å². The van der Waals surface area contributed by atoms with Crippen LogP contribution in [-0.2, 0) is 16.2 Å². The quantitative estimate of drug-likeness (QED) is 0.696. The molecule has 29 heavy (non-hydrogen) atoms. The number of ketones is 1. The first kappa shape index (κ1) is 20.2. The maximum absolute atomic E-state index is 13.1. The zero-order chi connectivity index (χ0) is 21.0. The average molecular weight is 446 g/mol. The Morgan fingerprint density at radius 2 is 1.86 bits per heavy atom. The van der Waals surface area contributed by atoms with E-state index in [0.717, 1.165) is 16.4 Å². The number of fused-ring (bicyclic) bond motifs is 1. The van der Waals surface area contributed by atoms with Gasteiger partial charge in [0, 0.05) is 13.0 Å². The number of ether oxygens (including phenoxy) is 1. The molecular weight excluding hydrogens is 431 g/mol. The van der Waals surface area contributed by atoms with Crippen LogP contribution in [0.1, 0.15) is 28.8 Å². The molecule has 0 amide bonds. The number of hydrogen-bond acceptors (Lipinski definition) is 4. The van der Waals surface area contributed by atoms with E-state index in [0.29, 0.717) is 17.4 Å². The molecule has 2 aliphatic rings. The fourth-order valence-corrected chi connectivity index (χ4v) is 5.48. The molecule has 0 saturated carbocycles. The molecule has 1 spiro atoms. The monoisotopic (exact) mass is 445 g/mol. The van der Waals surface area contributed by atoms with Crippen molar-refractivity contribution in [2.24, 2.45) is 0 Å². The van der Waals surface area contributed by atoms with Crippen molar-refractivity contribution in [3.63, 3.8) is 0 Å². The molecule has 0 aliphatic carbocycles. The Morgan fingerprint density at radius 3 is 2.59 bits per heavy atom. The summed E-state index contributed by atoms with van der Waals surface area (Å²) in [6.07, 6.45) is -4.52. The lowest BCUT2D eigenvalue weighted by Crippen LogP contribution is -2.45. The number of benzene rings is 2. The highest BCUT2D eigenvalue weighted by Crippen LogP contribution is 2.41. The predicted octanol–water partition coefficient (Wildman–Crippen LogP) is 4.16. The topological polar surface area (TPSA) is 63.7 Å². The number of alkyl halides is 3. The summed E-state index contributed by atoms with van der Waals surface area (Å²) in [5.41, 5.74) is -1.81. The van der Waals surface area contributed by atoms with E-state index in [9.17, 15) is 26.4 Å². The van der Waals surface area contributed by atoms with Gasteiger partial charge in [0.2, 0.25) is 10.0 Å². The van der Waals surface area contributed by atoms with Gasteiger partial charge in [-0.2, -0.15) is 17.5 Å². The lowest BCUT2D eigenvalue weighted by molar-refractivity contribution is -0.137. The minimum Gasteiger partial charge on any atom is -0.485 e. The third-order valence-corrected chi connectivity index (χ3v) is 7.33. The number of nitrogens with zero attached hydrogens (tertiary/aromatic N) is 1. The molecule has 1 saturated heterocycles. The Bertz CT molecular complexity index is 1100. The van der Waals surface area contributed by atoms with E-state index in [1.807, 2.05) is 0 Å². The molecule has 2 aromatic carbocycles. The van der Waals surface area contributed by atoms with Crippen LogP contribution in [0, 0.1) is 0 Å². The second-order valence-corrected chi connectivity index (χ2v) is 9.45. The number of sulfonamides is 1. The molecule has 154 valence electrons. The van der Waals surface area contributed by atoms with Gasteiger partial charge >= 0.3 is 6.18 Å². The highest BCUT2D eigenvalue weighted by Gasteiger charge is 2.49. The van der Waals surface area contributed by atoms with Gasteiger partial charge in [0.1, 0.15) is 11.4 Å². The van der Waals surface area contributed by atoms with Crippen LogP contribution in [0.4, 0.5) is 13.2 Å². The van der Waals surface area contributed by atoms with E-state index in [4.69, 9.17) is 16.3 Å². The molecule has 2 aromatic rings. The second-order valence-electron chi connectivity index (χ2n) is 7.11. The Balaban J connectivity index is 1.64. The van der Waals surface area contributed by atoms with Crippen molar-refractivity contribution in [1.29, 1.82) is 0 Å². The molecule has 0 aromatic heterocycles. The fourth-order valence-electron chi connectivity index (χ4n) is 3.72. The summed E-state index contributed by atoms with van der Waals surface area (Å²) < 4.78 is 72.3. The number of rotatable bonds is 2. The number of halogens is 4. The Kier molecular flexibility index (Phi) is 4.67. The summed E-state index contributed by atoms with van der Waals surface area (Å²) in [4.78, 5) is 12.0. The van der Waals surface area contributed by atoms with E-state index in [1.165, 1.54) is 0 Å². The predicted molar refractivity (Wildman–Crippen MR) is 98.6 cm³/mol. The number of para-hydroxylation sites is 1. The third kappa shape index (κ3) is 3.51. The van der Waals surface area contributed by atoms with Crippen LogP contribution in [0.5, 0.6) is 5.75 Å². The van der Waals surface area contributed by atoms with E-state index >= 15 is 0 Å². The van der Waals surface area contributed by atoms with Crippen LogP contribution in [0.15, 0.2) is 47.4 Å². The van der Waals surface area contributed by atoms with Gasteiger partial charge in [-0.3, -0.25) is 4.79 Å². The highest BCUT2D eigenvalue weighted by molar-refractivity contribution is 7.89. The molecule has 1 fully saturated rings. The lowest BCUT2D eigenvalue weighted by atomic mass is 9.89. The van der Waals surface area contributed by atoms with Crippen molar-refractivity contribution in [2.45, 2.75) is 29.5 Å².